The van der Waals surface area contributed by atoms with Crippen molar-refractivity contribution in [3.63, 3.8) is 0 Å². The summed E-state index contributed by atoms with van der Waals surface area (Å²) in [6.07, 6.45) is 1.11. The van der Waals surface area contributed by atoms with E-state index in [1.165, 1.54) is 17.4 Å². The van der Waals surface area contributed by atoms with Gasteiger partial charge in [-0.3, -0.25) is 4.79 Å². The number of aliphatic hydroxyl groups is 1. The number of anilines is 1. The van der Waals surface area contributed by atoms with Gasteiger partial charge in [0.2, 0.25) is 5.91 Å². The third-order valence-corrected chi connectivity index (χ3v) is 2.80. The van der Waals surface area contributed by atoms with Crippen molar-refractivity contribution in [2.45, 2.75) is 26.8 Å². The van der Waals surface area contributed by atoms with Gasteiger partial charge in [0, 0.05) is 18.2 Å². The first-order chi connectivity index (χ1) is 8.65. The molecular formula is C14H23N2O2+. The number of hydrogen-bond acceptors (Lipinski definition) is 2. The van der Waals surface area contributed by atoms with E-state index in [0.29, 0.717) is 0 Å². The Hall–Kier alpha value is -1.39. The number of carbonyl (C=O) groups is 1. The van der Waals surface area contributed by atoms with E-state index < -0.39 is 0 Å². The van der Waals surface area contributed by atoms with Gasteiger partial charge in [0.1, 0.15) is 13.1 Å². The van der Waals surface area contributed by atoms with Gasteiger partial charge in [-0.25, -0.2) is 0 Å². The van der Waals surface area contributed by atoms with Crippen LogP contribution in [0.4, 0.5) is 5.69 Å². The lowest BCUT2D eigenvalue weighted by molar-refractivity contribution is -0.914. The lowest BCUT2D eigenvalue weighted by Crippen LogP contribution is -3.11. The third kappa shape index (κ3) is 5.29. The average molecular weight is 251 g/mol. The minimum absolute atomic E-state index is 0.0544. The van der Waals surface area contributed by atoms with Gasteiger partial charge in [-0.05, 0) is 18.6 Å². The fraction of sp³-hybridized carbons (Fsp3) is 0.500. The molecule has 0 aliphatic rings. The van der Waals surface area contributed by atoms with Crippen LogP contribution >= 0.6 is 0 Å². The maximum absolute atomic E-state index is 10.9. The number of benzene rings is 1. The van der Waals surface area contributed by atoms with Gasteiger partial charge < -0.3 is 15.3 Å². The molecule has 1 aromatic rings. The molecule has 1 amide bonds. The van der Waals surface area contributed by atoms with Gasteiger partial charge in [0.25, 0.3) is 0 Å². The minimum atomic E-state index is -0.0544. The van der Waals surface area contributed by atoms with Crippen LogP contribution in [0, 0.1) is 0 Å². The Labute approximate surface area is 109 Å². The Morgan fingerprint density at radius 3 is 2.44 bits per heavy atom. The smallest absolute Gasteiger partial charge is 0.221 e. The van der Waals surface area contributed by atoms with E-state index in [1.54, 1.807) is 0 Å². The molecule has 0 radical (unpaired) electrons. The Kier molecular flexibility index (Phi) is 6.39. The van der Waals surface area contributed by atoms with E-state index in [1.807, 2.05) is 24.3 Å². The monoisotopic (exact) mass is 251 g/mol. The molecule has 1 rings (SSSR count). The van der Waals surface area contributed by atoms with Gasteiger partial charge in [-0.1, -0.05) is 19.1 Å². The van der Waals surface area contributed by atoms with Crippen LogP contribution in [0.1, 0.15) is 25.8 Å². The van der Waals surface area contributed by atoms with E-state index in [0.717, 1.165) is 31.7 Å². The first-order valence-electron chi connectivity index (χ1n) is 6.46. The highest BCUT2D eigenvalue weighted by Gasteiger charge is 2.07. The maximum atomic E-state index is 10.9. The predicted molar refractivity (Wildman–Crippen MR) is 72.5 cm³/mol. The van der Waals surface area contributed by atoms with Gasteiger partial charge in [-0.2, -0.15) is 0 Å². The summed E-state index contributed by atoms with van der Waals surface area (Å²) in [6.45, 7) is 6.63. The second-order valence-corrected chi connectivity index (χ2v) is 4.53. The van der Waals surface area contributed by atoms with Crippen molar-refractivity contribution in [1.29, 1.82) is 0 Å². The van der Waals surface area contributed by atoms with Crippen LogP contribution in [0.15, 0.2) is 24.3 Å². The van der Waals surface area contributed by atoms with E-state index in [-0.39, 0.29) is 12.5 Å². The quantitative estimate of drug-likeness (QED) is 0.658. The highest BCUT2D eigenvalue weighted by molar-refractivity contribution is 5.88. The summed E-state index contributed by atoms with van der Waals surface area (Å²) in [6, 6.07) is 7.88. The summed E-state index contributed by atoms with van der Waals surface area (Å²) in [7, 11) is 0. The number of aliphatic hydroxyl groups excluding tert-OH is 1. The summed E-state index contributed by atoms with van der Waals surface area (Å²) in [5.74, 6) is -0.0544. The molecule has 0 aliphatic heterocycles. The zero-order valence-corrected chi connectivity index (χ0v) is 11.2. The Balaban J connectivity index is 2.58. The summed E-state index contributed by atoms with van der Waals surface area (Å²) in [5.41, 5.74) is 2.05. The second kappa shape index (κ2) is 7.84. The standard InChI is InChI=1S/C14H22N2O2/c1-3-8-16(9-10-17)11-13-4-6-14(7-5-13)15-12(2)18/h4-7,17H,3,8-11H2,1-2H3,(H,15,18)/p+1. The van der Waals surface area contributed by atoms with Crippen LogP contribution < -0.4 is 10.2 Å². The molecule has 0 aromatic heterocycles. The molecular weight excluding hydrogens is 228 g/mol. The molecule has 1 atom stereocenters. The normalized spacial score (nSPS) is 12.2. The van der Waals surface area contributed by atoms with Gasteiger partial charge in [0.15, 0.2) is 0 Å². The number of amides is 1. The fourth-order valence-electron chi connectivity index (χ4n) is 2.01. The van der Waals surface area contributed by atoms with Gasteiger partial charge in [-0.15, -0.1) is 0 Å². The van der Waals surface area contributed by atoms with Crippen molar-refractivity contribution in [1.82, 2.24) is 0 Å². The average Bonchev–Trinajstić information content (AvgIpc) is 2.31. The maximum Gasteiger partial charge on any atom is 0.221 e. The minimum Gasteiger partial charge on any atom is -0.391 e. The molecule has 0 spiro atoms. The van der Waals surface area contributed by atoms with E-state index >= 15 is 0 Å². The molecule has 4 nitrogen and oxygen atoms in total. The van der Waals surface area contributed by atoms with E-state index in [4.69, 9.17) is 5.11 Å². The molecule has 0 heterocycles. The lowest BCUT2D eigenvalue weighted by atomic mass is 10.2. The number of quaternary nitrogens is 1. The van der Waals surface area contributed by atoms with Crippen molar-refractivity contribution in [3.8, 4) is 0 Å². The molecule has 0 aliphatic carbocycles. The first kappa shape index (κ1) is 14.7. The number of nitrogens with one attached hydrogen (secondary N) is 2. The topological polar surface area (TPSA) is 53.8 Å². The van der Waals surface area contributed by atoms with E-state index in [2.05, 4.69) is 12.2 Å². The first-order valence-corrected chi connectivity index (χ1v) is 6.46. The largest absolute Gasteiger partial charge is 0.391 e. The number of hydrogen-bond donors (Lipinski definition) is 3. The van der Waals surface area contributed by atoms with Crippen LogP contribution in [0.3, 0.4) is 0 Å². The molecule has 100 valence electrons. The number of rotatable bonds is 7. The zero-order valence-electron chi connectivity index (χ0n) is 11.2. The lowest BCUT2D eigenvalue weighted by Gasteiger charge is -2.17. The molecule has 1 unspecified atom stereocenters. The fourth-order valence-corrected chi connectivity index (χ4v) is 2.01. The summed E-state index contributed by atoms with van der Waals surface area (Å²) >= 11 is 0. The predicted octanol–water partition coefficient (Wildman–Crippen LogP) is 0.432. The molecule has 0 bridgehead atoms. The van der Waals surface area contributed by atoms with Crippen LogP contribution in [0.5, 0.6) is 0 Å². The third-order valence-electron chi connectivity index (χ3n) is 2.80. The highest BCUT2D eigenvalue weighted by atomic mass is 16.3. The molecule has 0 fully saturated rings. The SMILES string of the molecule is CCC[NH+](CCO)Cc1ccc(NC(C)=O)cc1. The van der Waals surface area contributed by atoms with Gasteiger partial charge >= 0.3 is 0 Å². The Morgan fingerprint density at radius 2 is 1.94 bits per heavy atom. The van der Waals surface area contributed by atoms with Crippen molar-refractivity contribution in [2.75, 3.05) is 25.0 Å². The summed E-state index contributed by atoms with van der Waals surface area (Å²) < 4.78 is 0. The number of carbonyl (C=O) groups excluding carboxylic acids is 1. The molecule has 0 saturated heterocycles. The summed E-state index contributed by atoms with van der Waals surface area (Å²) in [5, 5.41) is 11.8. The van der Waals surface area contributed by atoms with Crippen molar-refractivity contribution in [3.05, 3.63) is 29.8 Å². The van der Waals surface area contributed by atoms with Crippen LogP contribution in [0.25, 0.3) is 0 Å². The summed E-state index contributed by atoms with van der Waals surface area (Å²) in [4.78, 5) is 12.3. The molecule has 1 aromatic carbocycles. The molecule has 18 heavy (non-hydrogen) atoms. The van der Waals surface area contributed by atoms with E-state index in [9.17, 15) is 4.79 Å². The van der Waals surface area contributed by atoms with Crippen LogP contribution in [-0.4, -0.2) is 30.7 Å². The second-order valence-electron chi connectivity index (χ2n) is 4.53. The highest BCUT2D eigenvalue weighted by Crippen LogP contribution is 2.08. The molecule has 0 saturated carbocycles. The Morgan fingerprint density at radius 1 is 1.28 bits per heavy atom. The van der Waals surface area contributed by atoms with Crippen LogP contribution in [-0.2, 0) is 11.3 Å². The van der Waals surface area contributed by atoms with Crippen LogP contribution in [0.2, 0.25) is 0 Å². The molecule has 4 heteroatoms. The van der Waals surface area contributed by atoms with Crippen molar-refractivity contribution < 1.29 is 14.8 Å². The van der Waals surface area contributed by atoms with Gasteiger partial charge in [0.05, 0.1) is 13.2 Å². The van der Waals surface area contributed by atoms with Crippen molar-refractivity contribution >= 4 is 11.6 Å². The zero-order chi connectivity index (χ0) is 13.4. The molecule has 3 N–H and O–H groups in total. The Bertz CT molecular complexity index is 357. The van der Waals surface area contributed by atoms with Crippen molar-refractivity contribution in [2.24, 2.45) is 0 Å².